The Kier molecular flexibility index (Phi) is 4.34. The largest absolute Gasteiger partial charge is 0.384 e. The van der Waals surface area contributed by atoms with Gasteiger partial charge in [-0.15, -0.1) is 0 Å². The molecule has 4 aliphatic carbocycles. The summed E-state index contributed by atoms with van der Waals surface area (Å²) in [6, 6.07) is 0. The summed E-state index contributed by atoms with van der Waals surface area (Å²) < 4.78 is 5.83. The Balaban J connectivity index is 1.65. The zero-order valence-corrected chi connectivity index (χ0v) is 16.0. The molecule has 0 aromatic heterocycles. The molecule has 4 rings (SSSR count). The van der Waals surface area contributed by atoms with Crippen molar-refractivity contribution in [3.05, 3.63) is 0 Å². The maximum absolute atomic E-state index is 12.2. The van der Waals surface area contributed by atoms with E-state index in [4.69, 9.17) is 4.74 Å². The Bertz CT molecular complexity index is 496. The number of carbonyl (C=O) groups is 1. The first-order valence-corrected chi connectivity index (χ1v) is 10.5. The van der Waals surface area contributed by atoms with Gasteiger partial charge in [-0.25, -0.2) is 0 Å². The van der Waals surface area contributed by atoms with Gasteiger partial charge in [0.05, 0.1) is 6.61 Å². The minimum Gasteiger partial charge on any atom is -0.384 e. The first-order valence-electron chi connectivity index (χ1n) is 10.5. The van der Waals surface area contributed by atoms with Gasteiger partial charge in [-0.05, 0) is 92.8 Å². The Morgan fingerprint density at radius 1 is 1.00 bits per heavy atom. The molecule has 0 N–H and O–H groups in total. The van der Waals surface area contributed by atoms with E-state index in [0.717, 1.165) is 36.7 Å². The highest BCUT2D eigenvalue weighted by atomic mass is 16.5. The number of Topliss-reactive ketones (excluding diaryl/α,β-unsaturated/α-hetero) is 1. The van der Waals surface area contributed by atoms with E-state index in [9.17, 15) is 4.79 Å². The van der Waals surface area contributed by atoms with Gasteiger partial charge in [-0.2, -0.15) is 0 Å². The van der Waals surface area contributed by atoms with E-state index >= 15 is 0 Å². The predicted molar refractivity (Wildman–Crippen MR) is 96.7 cm³/mol. The lowest BCUT2D eigenvalue weighted by molar-refractivity contribution is -0.149. The Morgan fingerprint density at radius 3 is 2.58 bits per heavy atom. The summed E-state index contributed by atoms with van der Waals surface area (Å²) in [6.45, 7) is 5.29. The molecule has 24 heavy (non-hydrogen) atoms. The molecule has 0 radical (unpaired) electrons. The van der Waals surface area contributed by atoms with Crippen LogP contribution in [-0.4, -0.2) is 19.5 Å². The summed E-state index contributed by atoms with van der Waals surface area (Å²) in [5, 5.41) is 0. The van der Waals surface area contributed by atoms with Gasteiger partial charge < -0.3 is 4.74 Å². The highest BCUT2D eigenvalue weighted by Gasteiger charge is 2.61. The van der Waals surface area contributed by atoms with Crippen molar-refractivity contribution in [3.63, 3.8) is 0 Å². The molecular formula is C22H36O2. The standard InChI is InChI=1S/C22H36O2/c1-15(23)18-9-10-19-17-8-7-16-6-4-5-12-22(16,14-24-3)20(17)11-13-21(18,19)2/h16-20H,4-14H2,1-3H3. The van der Waals surface area contributed by atoms with Gasteiger partial charge in [0.25, 0.3) is 0 Å². The minimum atomic E-state index is 0.294. The van der Waals surface area contributed by atoms with E-state index in [1.807, 2.05) is 14.0 Å². The summed E-state index contributed by atoms with van der Waals surface area (Å²) in [5.74, 6) is 4.21. The molecule has 0 heterocycles. The Morgan fingerprint density at radius 2 is 1.83 bits per heavy atom. The summed E-state index contributed by atoms with van der Waals surface area (Å²) in [6.07, 6.45) is 13.6. The second kappa shape index (κ2) is 6.11. The van der Waals surface area contributed by atoms with Crippen LogP contribution < -0.4 is 0 Å². The molecule has 0 aromatic carbocycles. The molecular weight excluding hydrogens is 296 g/mol. The monoisotopic (exact) mass is 332 g/mol. The molecule has 0 amide bonds. The highest BCUT2D eigenvalue weighted by molar-refractivity contribution is 5.79. The van der Waals surface area contributed by atoms with Crippen LogP contribution in [0.5, 0.6) is 0 Å². The fourth-order valence-corrected chi connectivity index (χ4v) is 8.29. The van der Waals surface area contributed by atoms with Crippen LogP contribution in [0.25, 0.3) is 0 Å². The van der Waals surface area contributed by atoms with Crippen molar-refractivity contribution in [1.29, 1.82) is 0 Å². The Labute approximate surface area is 148 Å². The quantitative estimate of drug-likeness (QED) is 0.705. The molecule has 136 valence electrons. The van der Waals surface area contributed by atoms with Crippen LogP contribution in [0.4, 0.5) is 0 Å². The summed E-state index contributed by atoms with van der Waals surface area (Å²) in [5.41, 5.74) is 0.758. The van der Waals surface area contributed by atoms with Crippen LogP contribution >= 0.6 is 0 Å². The van der Waals surface area contributed by atoms with E-state index in [-0.39, 0.29) is 0 Å². The summed E-state index contributed by atoms with van der Waals surface area (Å²) in [7, 11) is 1.92. The molecule has 7 atom stereocenters. The van der Waals surface area contributed by atoms with Crippen molar-refractivity contribution in [1.82, 2.24) is 0 Å². The fraction of sp³-hybridized carbons (Fsp3) is 0.955. The van der Waals surface area contributed by atoms with Crippen LogP contribution in [0, 0.1) is 40.4 Å². The predicted octanol–water partition coefficient (Wildman–Crippen LogP) is 5.25. The average molecular weight is 333 g/mol. The van der Waals surface area contributed by atoms with Gasteiger partial charge in [0.15, 0.2) is 0 Å². The van der Waals surface area contributed by atoms with E-state index in [2.05, 4.69) is 6.92 Å². The normalized spacial score (nSPS) is 50.7. The lowest BCUT2D eigenvalue weighted by atomic mass is 9.44. The van der Waals surface area contributed by atoms with E-state index in [0.29, 0.717) is 22.5 Å². The molecule has 4 fully saturated rings. The SMILES string of the molecule is COCC12CCCCC1CCC1C3CCC(C(C)=O)C3(C)CCC12. The molecule has 0 aromatic rings. The van der Waals surface area contributed by atoms with Crippen LogP contribution in [0.1, 0.15) is 78.1 Å². The van der Waals surface area contributed by atoms with E-state index in [1.165, 1.54) is 57.8 Å². The number of rotatable bonds is 3. The van der Waals surface area contributed by atoms with Crippen molar-refractivity contribution in [3.8, 4) is 0 Å². The van der Waals surface area contributed by atoms with Crippen LogP contribution in [0.2, 0.25) is 0 Å². The average Bonchev–Trinajstić information content (AvgIpc) is 2.92. The number of hydrogen-bond donors (Lipinski definition) is 0. The molecule has 0 spiro atoms. The second-order valence-corrected chi connectivity index (χ2v) is 9.85. The maximum Gasteiger partial charge on any atom is 0.133 e. The van der Waals surface area contributed by atoms with Crippen LogP contribution in [-0.2, 0) is 9.53 Å². The molecule has 7 unspecified atom stereocenters. The van der Waals surface area contributed by atoms with Crippen molar-refractivity contribution >= 4 is 5.78 Å². The molecule has 0 bridgehead atoms. The number of ether oxygens (including phenoxy) is 1. The van der Waals surface area contributed by atoms with Gasteiger partial charge >= 0.3 is 0 Å². The lowest BCUT2D eigenvalue weighted by Crippen LogP contribution is -2.55. The van der Waals surface area contributed by atoms with Crippen LogP contribution in [0.15, 0.2) is 0 Å². The molecule has 4 aliphatic rings. The van der Waals surface area contributed by atoms with Gasteiger partial charge in [0.1, 0.15) is 5.78 Å². The highest BCUT2D eigenvalue weighted by Crippen LogP contribution is 2.67. The zero-order valence-electron chi connectivity index (χ0n) is 16.0. The molecule has 4 saturated carbocycles. The number of ketones is 1. The third-order valence-electron chi connectivity index (χ3n) is 9.19. The van der Waals surface area contributed by atoms with Crippen molar-refractivity contribution in [2.75, 3.05) is 13.7 Å². The van der Waals surface area contributed by atoms with Crippen LogP contribution in [0.3, 0.4) is 0 Å². The fourth-order valence-electron chi connectivity index (χ4n) is 8.29. The maximum atomic E-state index is 12.2. The third-order valence-corrected chi connectivity index (χ3v) is 9.19. The van der Waals surface area contributed by atoms with Gasteiger partial charge in [0, 0.05) is 13.0 Å². The topological polar surface area (TPSA) is 26.3 Å². The molecule has 2 heteroatoms. The van der Waals surface area contributed by atoms with Crippen molar-refractivity contribution < 1.29 is 9.53 Å². The van der Waals surface area contributed by atoms with Crippen molar-refractivity contribution in [2.45, 2.75) is 78.1 Å². The summed E-state index contributed by atoms with van der Waals surface area (Å²) >= 11 is 0. The third kappa shape index (κ3) is 2.27. The second-order valence-electron chi connectivity index (χ2n) is 9.85. The Hall–Kier alpha value is -0.370. The number of methoxy groups -OCH3 is 1. The summed E-state index contributed by atoms with van der Waals surface area (Å²) in [4.78, 5) is 12.2. The van der Waals surface area contributed by atoms with Gasteiger partial charge in [-0.3, -0.25) is 4.79 Å². The molecule has 2 nitrogen and oxygen atoms in total. The minimum absolute atomic E-state index is 0.294. The zero-order chi connectivity index (χ0) is 16.9. The first-order chi connectivity index (χ1) is 11.5. The molecule has 0 aliphatic heterocycles. The number of fused-ring (bicyclic) bond motifs is 5. The number of carbonyl (C=O) groups excluding carboxylic acids is 1. The van der Waals surface area contributed by atoms with Gasteiger partial charge in [-0.1, -0.05) is 19.8 Å². The van der Waals surface area contributed by atoms with E-state index in [1.54, 1.807) is 0 Å². The van der Waals surface area contributed by atoms with E-state index < -0.39 is 0 Å². The molecule has 0 saturated heterocycles. The smallest absolute Gasteiger partial charge is 0.133 e. The lowest BCUT2D eigenvalue weighted by Gasteiger charge is -2.61. The first kappa shape index (κ1) is 17.1. The van der Waals surface area contributed by atoms with Crippen molar-refractivity contribution in [2.24, 2.45) is 40.4 Å². The number of hydrogen-bond acceptors (Lipinski definition) is 2. The van der Waals surface area contributed by atoms with Gasteiger partial charge in [0.2, 0.25) is 0 Å².